The molecule has 0 spiro atoms. The second-order valence-electron chi connectivity index (χ2n) is 16.7. The van der Waals surface area contributed by atoms with Crippen LogP contribution in [-0.4, -0.2) is 17.3 Å². The standard InChI is InChI=1S/C53H82O3/c1-40(2)21-13-22-41(3)23-14-24-42(4)25-15-26-43(5)27-16-28-44(6)29-17-30-45(7)31-18-32-46(8)33-19-34-47(9)35-20-36-48(10)37-38-50-49(11)51(54)39-52(56-12)53(50)55/h21,23,25,27,29,31,33,35,37,39,54-55H,13-20,22,24,26,28,30,32,34,36,38H2,1-12H3. The summed E-state index contributed by atoms with van der Waals surface area (Å²) in [5.41, 5.74) is 14.6. The molecule has 0 radical (unpaired) electrons. The normalized spacial score (nSPS) is 14.1. The zero-order valence-electron chi connectivity index (χ0n) is 38.1. The lowest BCUT2D eigenvalue weighted by Crippen LogP contribution is -1.94. The van der Waals surface area contributed by atoms with Gasteiger partial charge >= 0.3 is 0 Å². The third-order valence-corrected chi connectivity index (χ3v) is 10.8. The van der Waals surface area contributed by atoms with Crippen LogP contribution in [0.1, 0.15) is 183 Å². The van der Waals surface area contributed by atoms with Gasteiger partial charge in [0.15, 0.2) is 11.5 Å². The van der Waals surface area contributed by atoms with Crippen molar-refractivity contribution in [2.24, 2.45) is 0 Å². The maximum Gasteiger partial charge on any atom is 0.164 e. The first-order valence-corrected chi connectivity index (χ1v) is 21.6. The summed E-state index contributed by atoms with van der Waals surface area (Å²) in [7, 11) is 1.50. The molecule has 0 bridgehead atoms. The van der Waals surface area contributed by atoms with Crippen LogP contribution >= 0.6 is 0 Å². The van der Waals surface area contributed by atoms with E-state index in [4.69, 9.17) is 4.74 Å². The van der Waals surface area contributed by atoms with Crippen LogP contribution in [0.15, 0.2) is 111 Å². The highest BCUT2D eigenvalue weighted by Gasteiger charge is 2.14. The zero-order valence-corrected chi connectivity index (χ0v) is 38.1. The number of hydrogen-bond acceptors (Lipinski definition) is 3. The Morgan fingerprint density at radius 1 is 0.446 bits per heavy atom. The number of methoxy groups -OCH3 is 1. The van der Waals surface area contributed by atoms with Gasteiger partial charge in [-0.3, -0.25) is 0 Å². The molecular weight excluding hydrogens is 685 g/mol. The van der Waals surface area contributed by atoms with Crippen LogP contribution in [0.25, 0.3) is 0 Å². The molecule has 3 nitrogen and oxygen atoms in total. The van der Waals surface area contributed by atoms with Crippen molar-refractivity contribution in [2.75, 3.05) is 7.11 Å². The summed E-state index contributed by atoms with van der Waals surface area (Å²) >= 11 is 0. The highest BCUT2D eigenvalue weighted by atomic mass is 16.5. The fraction of sp³-hybridized carbons (Fsp3) is 0.547. The number of allylic oxidation sites excluding steroid dienone is 18. The Morgan fingerprint density at radius 2 is 0.714 bits per heavy atom. The van der Waals surface area contributed by atoms with Gasteiger partial charge in [0.25, 0.3) is 0 Å². The third kappa shape index (κ3) is 24.0. The average Bonchev–Trinajstić information content (AvgIpc) is 3.13. The molecule has 3 heteroatoms. The van der Waals surface area contributed by atoms with Gasteiger partial charge in [-0.25, -0.2) is 0 Å². The number of phenolic OH excluding ortho intramolecular Hbond substituents is 2. The summed E-state index contributed by atoms with van der Waals surface area (Å²) in [5.74, 6) is 0.568. The topological polar surface area (TPSA) is 49.7 Å². The highest BCUT2D eigenvalue weighted by Crippen LogP contribution is 2.38. The molecule has 0 unspecified atom stereocenters. The van der Waals surface area contributed by atoms with Crippen molar-refractivity contribution in [1.82, 2.24) is 0 Å². The van der Waals surface area contributed by atoms with Crippen LogP contribution in [0.2, 0.25) is 0 Å². The van der Waals surface area contributed by atoms with Crippen molar-refractivity contribution in [3.63, 3.8) is 0 Å². The van der Waals surface area contributed by atoms with E-state index >= 15 is 0 Å². The van der Waals surface area contributed by atoms with Crippen molar-refractivity contribution in [1.29, 1.82) is 0 Å². The molecule has 312 valence electrons. The van der Waals surface area contributed by atoms with E-state index in [0.29, 0.717) is 23.3 Å². The fourth-order valence-electron chi connectivity index (χ4n) is 6.69. The Morgan fingerprint density at radius 3 is 0.982 bits per heavy atom. The van der Waals surface area contributed by atoms with E-state index in [1.54, 1.807) is 0 Å². The van der Waals surface area contributed by atoms with Crippen LogP contribution in [-0.2, 0) is 6.42 Å². The second-order valence-corrected chi connectivity index (χ2v) is 16.7. The van der Waals surface area contributed by atoms with Crippen molar-refractivity contribution in [2.45, 2.75) is 185 Å². The minimum Gasteiger partial charge on any atom is -0.508 e. The largest absolute Gasteiger partial charge is 0.508 e. The maximum absolute atomic E-state index is 10.5. The van der Waals surface area contributed by atoms with Gasteiger partial charge in [0.2, 0.25) is 0 Å². The Balaban J connectivity index is 2.30. The quantitative estimate of drug-likeness (QED) is 0.0692. The maximum atomic E-state index is 10.5. The summed E-state index contributed by atoms with van der Waals surface area (Å²) in [6.07, 6.45) is 40.1. The first-order valence-electron chi connectivity index (χ1n) is 21.6. The number of benzene rings is 1. The summed E-state index contributed by atoms with van der Waals surface area (Å²) < 4.78 is 5.20. The molecule has 56 heavy (non-hydrogen) atoms. The third-order valence-electron chi connectivity index (χ3n) is 10.8. The smallest absolute Gasteiger partial charge is 0.164 e. The lowest BCUT2D eigenvalue weighted by molar-refractivity contribution is 0.365. The van der Waals surface area contributed by atoms with Gasteiger partial charge in [-0.15, -0.1) is 0 Å². The van der Waals surface area contributed by atoms with Crippen LogP contribution in [0, 0.1) is 6.92 Å². The molecule has 0 aliphatic rings. The Hall–Kier alpha value is -3.72. The Bertz CT molecular complexity index is 1610. The lowest BCUT2D eigenvalue weighted by Gasteiger charge is -2.13. The predicted octanol–water partition coefficient (Wildman–Crippen LogP) is 16.7. The van der Waals surface area contributed by atoms with Crippen molar-refractivity contribution in [3.8, 4) is 17.2 Å². The number of rotatable bonds is 27. The Labute approximate surface area is 345 Å². The Kier molecular flexibility index (Phi) is 26.5. The molecule has 0 amide bonds. The predicted molar refractivity (Wildman–Crippen MR) is 248 cm³/mol. The first kappa shape index (κ1) is 50.3. The van der Waals surface area contributed by atoms with Crippen molar-refractivity contribution in [3.05, 3.63) is 122 Å². The number of ether oxygens (including phenoxy) is 1. The van der Waals surface area contributed by atoms with Gasteiger partial charge in [-0.05, 0) is 191 Å². The molecule has 0 aromatic heterocycles. The van der Waals surface area contributed by atoms with E-state index < -0.39 is 0 Å². The minimum atomic E-state index is 0.112. The number of phenols is 2. The molecule has 1 aromatic rings. The van der Waals surface area contributed by atoms with E-state index in [1.165, 1.54) is 82.6 Å². The molecule has 0 fully saturated rings. The van der Waals surface area contributed by atoms with Gasteiger partial charge < -0.3 is 14.9 Å². The van der Waals surface area contributed by atoms with E-state index in [0.717, 1.165) is 83.5 Å². The molecule has 0 heterocycles. The van der Waals surface area contributed by atoms with Gasteiger partial charge in [0.05, 0.1) is 7.11 Å². The van der Waals surface area contributed by atoms with Gasteiger partial charge in [0, 0.05) is 11.6 Å². The minimum absolute atomic E-state index is 0.112. The van der Waals surface area contributed by atoms with Crippen LogP contribution in [0.3, 0.4) is 0 Å². The van der Waals surface area contributed by atoms with Crippen molar-refractivity contribution < 1.29 is 14.9 Å². The molecule has 2 N–H and O–H groups in total. The SMILES string of the molecule is COc1cc(O)c(C)c(CC=C(C)CCC=C(C)CCC=C(C)CCC=C(C)CCC=C(C)CCC=C(C)CCC=C(C)CCC=C(C)CCC=C(C)C)c1O. The van der Waals surface area contributed by atoms with E-state index in [9.17, 15) is 10.2 Å². The summed E-state index contributed by atoms with van der Waals surface area (Å²) in [6, 6.07) is 1.47. The highest BCUT2D eigenvalue weighted by molar-refractivity contribution is 5.56. The number of aromatic hydroxyl groups is 2. The first-order chi connectivity index (χ1) is 26.6. The number of hydrogen-bond donors (Lipinski definition) is 2. The zero-order chi connectivity index (χ0) is 41.9. The van der Waals surface area contributed by atoms with Crippen LogP contribution < -0.4 is 4.74 Å². The average molecular weight is 767 g/mol. The molecule has 0 saturated carbocycles. The summed E-state index contributed by atoms with van der Waals surface area (Å²) in [6.45, 7) is 24.3. The van der Waals surface area contributed by atoms with Crippen LogP contribution in [0.4, 0.5) is 0 Å². The summed E-state index contributed by atoms with van der Waals surface area (Å²) in [5, 5.41) is 20.7. The second kappa shape index (κ2) is 29.5. The molecule has 1 rings (SSSR count). The molecule has 1 aromatic carbocycles. The molecular formula is C53H82O3. The van der Waals surface area contributed by atoms with Crippen LogP contribution in [0.5, 0.6) is 17.2 Å². The molecule has 0 aliphatic heterocycles. The lowest BCUT2D eigenvalue weighted by atomic mass is 10.00. The van der Waals surface area contributed by atoms with Gasteiger partial charge in [0.1, 0.15) is 5.75 Å². The summed E-state index contributed by atoms with van der Waals surface area (Å²) in [4.78, 5) is 0. The monoisotopic (exact) mass is 767 g/mol. The fourth-order valence-corrected chi connectivity index (χ4v) is 6.69. The van der Waals surface area contributed by atoms with Crippen molar-refractivity contribution >= 4 is 0 Å². The van der Waals surface area contributed by atoms with Gasteiger partial charge in [-0.1, -0.05) is 105 Å². The van der Waals surface area contributed by atoms with E-state index in [-0.39, 0.29) is 11.5 Å². The van der Waals surface area contributed by atoms with E-state index in [2.05, 4.69) is 124 Å². The van der Waals surface area contributed by atoms with E-state index in [1.807, 2.05) is 6.92 Å². The van der Waals surface area contributed by atoms with Gasteiger partial charge in [-0.2, -0.15) is 0 Å². The molecule has 0 aliphatic carbocycles. The molecule has 0 saturated heterocycles. The molecule has 0 atom stereocenters.